The molecule has 0 heterocycles. The molecule has 0 saturated carbocycles. The molecule has 1 aromatic carbocycles. The zero-order valence-corrected chi connectivity index (χ0v) is 14.6. The molecular weight excluding hydrogens is 320 g/mol. The molecule has 8 heteroatoms. The monoisotopic (exact) mass is 346 g/mol. The molecule has 0 bridgehead atoms. The van der Waals surface area contributed by atoms with E-state index in [-0.39, 0.29) is 10.8 Å². The lowest BCUT2D eigenvalue weighted by Crippen LogP contribution is -2.37. The molecule has 0 unspecified atom stereocenters. The number of hydrogen-bond acceptors (Lipinski definition) is 6. The zero-order chi connectivity index (χ0) is 17.5. The summed E-state index contributed by atoms with van der Waals surface area (Å²) in [6.45, 7) is 4.91. The molecule has 1 rings (SSSR count). The Bertz CT molecular complexity index is 558. The SMILES string of the molecule is COc1ccc(S(=O)(=O)N(CCCNC(O)O)CC(C)C)cc1. The van der Waals surface area contributed by atoms with E-state index in [0.29, 0.717) is 31.8 Å². The van der Waals surface area contributed by atoms with Gasteiger partial charge in [-0.05, 0) is 36.6 Å². The highest BCUT2D eigenvalue weighted by molar-refractivity contribution is 7.89. The van der Waals surface area contributed by atoms with Crippen LogP contribution in [0.5, 0.6) is 5.75 Å². The van der Waals surface area contributed by atoms with Gasteiger partial charge in [-0.15, -0.1) is 0 Å². The van der Waals surface area contributed by atoms with Gasteiger partial charge in [0.05, 0.1) is 12.0 Å². The smallest absolute Gasteiger partial charge is 0.243 e. The van der Waals surface area contributed by atoms with Gasteiger partial charge in [-0.2, -0.15) is 4.31 Å². The third kappa shape index (κ3) is 6.44. The minimum Gasteiger partial charge on any atom is -0.497 e. The summed E-state index contributed by atoms with van der Waals surface area (Å²) in [6.07, 6.45) is -1.12. The molecule has 23 heavy (non-hydrogen) atoms. The van der Waals surface area contributed by atoms with Gasteiger partial charge in [-0.1, -0.05) is 13.8 Å². The zero-order valence-electron chi connectivity index (χ0n) is 13.8. The van der Waals surface area contributed by atoms with Crippen molar-refractivity contribution in [2.75, 3.05) is 26.7 Å². The molecule has 0 aromatic heterocycles. The van der Waals surface area contributed by atoms with E-state index in [9.17, 15) is 8.42 Å². The van der Waals surface area contributed by atoms with Crippen molar-refractivity contribution in [3.05, 3.63) is 24.3 Å². The second-order valence-electron chi connectivity index (χ2n) is 5.61. The number of ether oxygens (including phenoxy) is 1. The molecule has 0 radical (unpaired) electrons. The Morgan fingerprint density at radius 3 is 2.30 bits per heavy atom. The van der Waals surface area contributed by atoms with Crippen molar-refractivity contribution in [3.63, 3.8) is 0 Å². The molecule has 0 atom stereocenters. The van der Waals surface area contributed by atoms with Crippen LogP contribution in [0.4, 0.5) is 0 Å². The Morgan fingerprint density at radius 2 is 1.83 bits per heavy atom. The van der Waals surface area contributed by atoms with Gasteiger partial charge in [0, 0.05) is 19.6 Å². The van der Waals surface area contributed by atoms with Crippen molar-refractivity contribution in [2.24, 2.45) is 5.92 Å². The Kier molecular flexibility index (Phi) is 7.93. The van der Waals surface area contributed by atoms with Crippen molar-refractivity contribution in [1.29, 1.82) is 0 Å². The molecule has 0 saturated heterocycles. The number of methoxy groups -OCH3 is 1. The fourth-order valence-electron chi connectivity index (χ4n) is 2.10. The van der Waals surface area contributed by atoms with Crippen LogP contribution in [0.25, 0.3) is 0 Å². The predicted molar refractivity (Wildman–Crippen MR) is 87.4 cm³/mol. The number of aliphatic hydroxyl groups is 2. The van der Waals surface area contributed by atoms with E-state index in [4.69, 9.17) is 14.9 Å². The highest BCUT2D eigenvalue weighted by Gasteiger charge is 2.24. The molecule has 132 valence electrons. The Labute approximate surface area is 137 Å². The molecule has 0 aliphatic heterocycles. The van der Waals surface area contributed by atoms with Crippen molar-refractivity contribution in [1.82, 2.24) is 9.62 Å². The summed E-state index contributed by atoms with van der Waals surface area (Å²) in [7, 11) is -2.07. The summed E-state index contributed by atoms with van der Waals surface area (Å²) in [4.78, 5) is 0.217. The van der Waals surface area contributed by atoms with Gasteiger partial charge in [-0.3, -0.25) is 5.32 Å². The van der Waals surface area contributed by atoms with E-state index in [1.165, 1.54) is 23.5 Å². The largest absolute Gasteiger partial charge is 0.497 e. The molecule has 0 fully saturated rings. The lowest BCUT2D eigenvalue weighted by Gasteiger charge is -2.24. The van der Waals surface area contributed by atoms with Gasteiger partial charge in [0.2, 0.25) is 16.4 Å². The van der Waals surface area contributed by atoms with Gasteiger partial charge in [-0.25, -0.2) is 8.42 Å². The lowest BCUT2D eigenvalue weighted by atomic mass is 10.2. The van der Waals surface area contributed by atoms with Gasteiger partial charge in [0.15, 0.2) is 0 Å². The minimum absolute atomic E-state index is 0.180. The topological polar surface area (TPSA) is 99.1 Å². The molecule has 7 nitrogen and oxygen atoms in total. The maximum Gasteiger partial charge on any atom is 0.243 e. The van der Waals surface area contributed by atoms with Gasteiger partial charge in [0.25, 0.3) is 0 Å². The van der Waals surface area contributed by atoms with Crippen LogP contribution < -0.4 is 10.1 Å². The maximum atomic E-state index is 12.8. The van der Waals surface area contributed by atoms with Crippen LogP contribution in [0.3, 0.4) is 0 Å². The normalized spacial score (nSPS) is 12.3. The number of aliphatic hydroxyl groups excluding tert-OH is 1. The van der Waals surface area contributed by atoms with E-state index in [1.54, 1.807) is 12.1 Å². The highest BCUT2D eigenvalue weighted by Crippen LogP contribution is 2.20. The van der Waals surface area contributed by atoms with Gasteiger partial charge in [0.1, 0.15) is 5.75 Å². The fourth-order valence-corrected chi connectivity index (χ4v) is 3.74. The summed E-state index contributed by atoms with van der Waals surface area (Å²) in [5.74, 6) is 0.778. The van der Waals surface area contributed by atoms with Crippen LogP contribution >= 0.6 is 0 Å². The third-order valence-electron chi connectivity index (χ3n) is 3.18. The molecule has 0 amide bonds. The molecular formula is C15H26N2O5S. The van der Waals surface area contributed by atoms with Crippen LogP contribution in [-0.4, -0.2) is 56.1 Å². The third-order valence-corrected chi connectivity index (χ3v) is 5.06. The number of benzene rings is 1. The van der Waals surface area contributed by atoms with Gasteiger partial charge < -0.3 is 14.9 Å². The first-order valence-electron chi connectivity index (χ1n) is 7.51. The van der Waals surface area contributed by atoms with E-state index < -0.39 is 16.4 Å². The van der Waals surface area contributed by atoms with Crippen LogP contribution in [0.15, 0.2) is 29.2 Å². The molecule has 3 N–H and O–H groups in total. The van der Waals surface area contributed by atoms with E-state index in [2.05, 4.69) is 5.32 Å². The maximum absolute atomic E-state index is 12.8. The van der Waals surface area contributed by atoms with E-state index in [0.717, 1.165) is 0 Å². The Hall–Kier alpha value is -1.19. The summed E-state index contributed by atoms with van der Waals surface area (Å²) in [6, 6.07) is 6.28. The van der Waals surface area contributed by atoms with E-state index >= 15 is 0 Å². The predicted octanol–water partition coefficient (Wildman–Crippen LogP) is 0.590. The minimum atomic E-state index is -3.60. The van der Waals surface area contributed by atoms with E-state index in [1.807, 2.05) is 13.8 Å². The molecule has 0 aliphatic rings. The summed E-state index contributed by atoms with van der Waals surface area (Å²) in [5, 5.41) is 19.9. The van der Waals surface area contributed by atoms with Crippen molar-refractivity contribution in [2.45, 2.75) is 31.6 Å². The number of hydrogen-bond donors (Lipinski definition) is 3. The van der Waals surface area contributed by atoms with Crippen LogP contribution in [0.1, 0.15) is 20.3 Å². The average Bonchev–Trinajstić information content (AvgIpc) is 2.49. The summed E-state index contributed by atoms with van der Waals surface area (Å²) < 4.78 is 32.0. The average molecular weight is 346 g/mol. The first kappa shape index (κ1) is 19.9. The van der Waals surface area contributed by atoms with Crippen molar-refractivity contribution >= 4 is 10.0 Å². The summed E-state index contributed by atoms with van der Waals surface area (Å²) >= 11 is 0. The molecule has 1 aromatic rings. The van der Waals surface area contributed by atoms with Crippen LogP contribution in [0, 0.1) is 5.92 Å². The van der Waals surface area contributed by atoms with Gasteiger partial charge >= 0.3 is 0 Å². The van der Waals surface area contributed by atoms with Crippen molar-refractivity contribution < 1.29 is 23.4 Å². The quantitative estimate of drug-likeness (QED) is 0.424. The second-order valence-corrected chi connectivity index (χ2v) is 7.55. The lowest BCUT2D eigenvalue weighted by molar-refractivity contribution is -0.0655. The number of nitrogens with one attached hydrogen (secondary N) is 1. The fraction of sp³-hybridized carbons (Fsp3) is 0.600. The highest BCUT2D eigenvalue weighted by atomic mass is 32.2. The molecule has 0 aliphatic carbocycles. The number of sulfonamides is 1. The first-order chi connectivity index (χ1) is 10.8. The number of rotatable bonds is 10. The second kappa shape index (κ2) is 9.19. The Morgan fingerprint density at radius 1 is 1.22 bits per heavy atom. The Balaban J connectivity index is 2.85. The van der Waals surface area contributed by atoms with Crippen LogP contribution in [-0.2, 0) is 10.0 Å². The number of nitrogens with zero attached hydrogens (tertiary/aromatic N) is 1. The standard InChI is InChI=1S/C15H26N2O5S/c1-12(2)11-17(10-4-9-16-15(18)19)23(20,21)14-7-5-13(22-3)6-8-14/h5-8,12,15-16,18-19H,4,9-11H2,1-3H3. The first-order valence-corrected chi connectivity index (χ1v) is 8.95. The summed E-state index contributed by atoms with van der Waals surface area (Å²) in [5.41, 5.74) is 0. The van der Waals surface area contributed by atoms with Crippen molar-refractivity contribution in [3.8, 4) is 5.75 Å². The molecule has 0 spiro atoms. The van der Waals surface area contributed by atoms with Crippen LogP contribution in [0.2, 0.25) is 0 Å².